The standard InChI is InChI=1S/C16H25FN2/c1-2-14-4-3-11-19(12-9-14)13-10-18-16-7-5-15(17)6-8-16/h5-8,14,18H,2-4,9-13H2,1H3. The first kappa shape index (κ1) is 14.3. The highest BCUT2D eigenvalue weighted by Crippen LogP contribution is 2.19. The van der Waals surface area contributed by atoms with Crippen LogP contribution in [0.25, 0.3) is 0 Å². The molecule has 1 aliphatic rings. The minimum absolute atomic E-state index is 0.177. The highest BCUT2D eigenvalue weighted by Gasteiger charge is 2.14. The van der Waals surface area contributed by atoms with Crippen LogP contribution in [0.15, 0.2) is 24.3 Å². The quantitative estimate of drug-likeness (QED) is 0.871. The molecule has 1 unspecified atom stereocenters. The zero-order chi connectivity index (χ0) is 13.5. The second kappa shape index (κ2) is 7.49. The summed E-state index contributed by atoms with van der Waals surface area (Å²) >= 11 is 0. The Hall–Kier alpha value is -1.09. The normalized spacial score (nSPS) is 21.1. The van der Waals surface area contributed by atoms with Crippen molar-refractivity contribution in [1.82, 2.24) is 4.90 Å². The van der Waals surface area contributed by atoms with E-state index in [1.807, 2.05) is 0 Å². The first-order valence-corrected chi connectivity index (χ1v) is 7.49. The number of benzene rings is 1. The summed E-state index contributed by atoms with van der Waals surface area (Å²) in [6.07, 6.45) is 5.38. The van der Waals surface area contributed by atoms with Crippen LogP contribution in [0.5, 0.6) is 0 Å². The molecule has 0 saturated carbocycles. The van der Waals surface area contributed by atoms with Crippen LogP contribution in [0.1, 0.15) is 32.6 Å². The zero-order valence-electron chi connectivity index (χ0n) is 11.9. The van der Waals surface area contributed by atoms with Gasteiger partial charge in [-0.3, -0.25) is 0 Å². The molecular formula is C16H25FN2. The Bertz CT molecular complexity index is 364. The van der Waals surface area contributed by atoms with E-state index >= 15 is 0 Å². The van der Waals surface area contributed by atoms with E-state index in [0.29, 0.717) is 0 Å². The highest BCUT2D eigenvalue weighted by atomic mass is 19.1. The lowest BCUT2D eigenvalue weighted by Gasteiger charge is -2.20. The highest BCUT2D eigenvalue weighted by molar-refractivity contribution is 5.42. The van der Waals surface area contributed by atoms with Gasteiger partial charge in [-0.15, -0.1) is 0 Å². The number of nitrogens with one attached hydrogen (secondary N) is 1. The van der Waals surface area contributed by atoms with Gasteiger partial charge >= 0.3 is 0 Å². The Morgan fingerprint density at radius 3 is 2.74 bits per heavy atom. The summed E-state index contributed by atoms with van der Waals surface area (Å²) < 4.78 is 12.8. The van der Waals surface area contributed by atoms with Crippen LogP contribution in [0.3, 0.4) is 0 Å². The molecule has 19 heavy (non-hydrogen) atoms. The monoisotopic (exact) mass is 264 g/mol. The fraction of sp³-hybridized carbons (Fsp3) is 0.625. The van der Waals surface area contributed by atoms with Gasteiger partial charge in [-0.25, -0.2) is 4.39 Å². The Labute approximate surface area is 116 Å². The second-order valence-corrected chi connectivity index (χ2v) is 5.48. The average molecular weight is 264 g/mol. The largest absolute Gasteiger partial charge is 0.384 e. The Balaban J connectivity index is 1.69. The van der Waals surface area contributed by atoms with Gasteiger partial charge in [0, 0.05) is 18.8 Å². The number of hydrogen-bond acceptors (Lipinski definition) is 2. The summed E-state index contributed by atoms with van der Waals surface area (Å²) in [6.45, 7) is 6.76. The van der Waals surface area contributed by atoms with Crippen molar-refractivity contribution in [1.29, 1.82) is 0 Å². The van der Waals surface area contributed by atoms with E-state index < -0.39 is 0 Å². The third-order valence-electron chi connectivity index (χ3n) is 4.12. The molecule has 1 heterocycles. The van der Waals surface area contributed by atoms with Gasteiger partial charge in [-0.2, -0.15) is 0 Å². The fourth-order valence-electron chi connectivity index (χ4n) is 2.78. The summed E-state index contributed by atoms with van der Waals surface area (Å²) in [4.78, 5) is 2.55. The van der Waals surface area contributed by atoms with Crippen molar-refractivity contribution in [2.24, 2.45) is 5.92 Å². The van der Waals surface area contributed by atoms with Crippen LogP contribution < -0.4 is 5.32 Å². The second-order valence-electron chi connectivity index (χ2n) is 5.48. The summed E-state index contributed by atoms with van der Waals surface area (Å²) in [6, 6.07) is 6.59. The molecule has 1 aliphatic heterocycles. The smallest absolute Gasteiger partial charge is 0.123 e. The van der Waals surface area contributed by atoms with Crippen LogP contribution in [-0.4, -0.2) is 31.1 Å². The van der Waals surface area contributed by atoms with Crippen molar-refractivity contribution < 1.29 is 4.39 Å². The molecule has 106 valence electrons. The van der Waals surface area contributed by atoms with Gasteiger partial charge in [-0.05, 0) is 62.5 Å². The summed E-state index contributed by atoms with van der Waals surface area (Å²) in [7, 11) is 0. The maximum atomic E-state index is 12.8. The first-order valence-electron chi connectivity index (χ1n) is 7.49. The number of likely N-dealkylation sites (tertiary alicyclic amines) is 1. The van der Waals surface area contributed by atoms with E-state index in [2.05, 4.69) is 17.1 Å². The van der Waals surface area contributed by atoms with Gasteiger partial charge < -0.3 is 10.2 Å². The van der Waals surface area contributed by atoms with Gasteiger partial charge in [-0.1, -0.05) is 13.3 Å². The molecule has 1 saturated heterocycles. The van der Waals surface area contributed by atoms with E-state index in [1.54, 1.807) is 12.1 Å². The molecule has 0 aliphatic carbocycles. The maximum Gasteiger partial charge on any atom is 0.123 e. The number of halogens is 1. The molecule has 0 bridgehead atoms. The first-order chi connectivity index (χ1) is 9.28. The van der Waals surface area contributed by atoms with E-state index in [9.17, 15) is 4.39 Å². The van der Waals surface area contributed by atoms with Crippen LogP contribution in [0.2, 0.25) is 0 Å². The van der Waals surface area contributed by atoms with E-state index in [4.69, 9.17) is 0 Å². The van der Waals surface area contributed by atoms with Crippen molar-refractivity contribution in [3.05, 3.63) is 30.1 Å². The van der Waals surface area contributed by atoms with Gasteiger partial charge in [0.05, 0.1) is 0 Å². The number of nitrogens with zero attached hydrogens (tertiary/aromatic N) is 1. The van der Waals surface area contributed by atoms with Crippen molar-refractivity contribution >= 4 is 5.69 Å². The molecular weight excluding hydrogens is 239 g/mol. The fourth-order valence-corrected chi connectivity index (χ4v) is 2.78. The van der Waals surface area contributed by atoms with Crippen molar-refractivity contribution in [2.45, 2.75) is 32.6 Å². The molecule has 1 N–H and O–H groups in total. The predicted octanol–water partition coefficient (Wildman–Crippen LogP) is 3.75. The number of hydrogen-bond donors (Lipinski definition) is 1. The molecule has 0 aromatic heterocycles. The number of anilines is 1. The zero-order valence-corrected chi connectivity index (χ0v) is 11.9. The van der Waals surface area contributed by atoms with Crippen LogP contribution >= 0.6 is 0 Å². The summed E-state index contributed by atoms with van der Waals surface area (Å²) in [5.41, 5.74) is 1.00. The molecule has 0 radical (unpaired) electrons. The molecule has 2 nitrogen and oxygen atoms in total. The Kier molecular flexibility index (Phi) is 5.64. The summed E-state index contributed by atoms with van der Waals surface area (Å²) in [5.74, 6) is 0.749. The van der Waals surface area contributed by atoms with Gasteiger partial charge in [0.1, 0.15) is 5.82 Å². The molecule has 3 heteroatoms. The number of rotatable bonds is 5. The van der Waals surface area contributed by atoms with Crippen LogP contribution in [0, 0.1) is 11.7 Å². The van der Waals surface area contributed by atoms with Crippen LogP contribution in [0.4, 0.5) is 10.1 Å². The molecule has 1 atom stereocenters. The lowest BCUT2D eigenvalue weighted by Crippen LogP contribution is -2.30. The molecule has 1 aromatic rings. The predicted molar refractivity (Wildman–Crippen MR) is 79.0 cm³/mol. The van der Waals surface area contributed by atoms with Crippen LogP contribution in [-0.2, 0) is 0 Å². The molecule has 0 spiro atoms. The van der Waals surface area contributed by atoms with Crippen molar-refractivity contribution in [3.8, 4) is 0 Å². The van der Waals surface area contributed by atoms with Gasteiger partial charge in [0.25, 0.3) is 0 Å². The minimum atomic E-state index is -0.177. The molecule has 2 rings (SSSR count). The topological polar surface area (TPSA) is 15.3 Å². The molecule has 0 amide bonds. The van der Waals surface area contributed by atoms with Gasteiger partial charge in [0.15, 0.2) is 0 Å². The van der Waals surface area contributed by atoms with E-state index in [1.165, 1.54) is 50.9 Å². The molecule has 1 aromatic carbocycles. The lowest BCUT2D eigenvalue weighted by molar-refractivity contribution is 0.290. The third kappa shape index (κ3) is 4.83. The lowest BCUT2D eigenvalue weighted by atomic mass is 9.98. The van der Waals surface area contributed by atoms with E-state index in [-0.39, 0.29) is 5.82 Å². The van der Waals surface area contributed by atoms with Crippen molar-refractivity contribution in [3.63, 3.8) is 0 Å². The molecule has 1 fully saturated rings. The van der Waals surface area contributed by atoms with Gasteiger partial charge in [0.2, 0.25) is 0 Å². The van der Waals surface area contributed by atoms with E-state index in [0.717, 1.165) is 24.7 Å². The Morgan fingerprint density at radius 1 is 1.21 bits per heavy atom. The Morgan fingerprint density at radius 2 is 2.00 bits per heavy atom. The van der Waals surface area contributed by atoms with Crippen molar-refractivity contribution in [2.75, 3.05) is 31.5 Å². The average Bonchev–Trinajstić information content (AvgIpc) is 2.66. The third-order valence-corrected chi connectivity index (χ3v) is 4.12. The maximum absolute atomic E-state index is 12.8. The SMILES string of the molecule is CCC1CCCN(CCNc2ccc(F)cc2)CC1. The minimum Gasteiger partial charge on any atom is -0.384 e. The summed E-state index contributed by atoms with van der Waals surface area (Å²) in [5, 5.41) is 3.36.